The Morgan fingerprint density at radius 1 is 1.25 bits per heavy atom. The SMILES string of the molecule is Cc1ccc(C2(C)NC(=O)N(CC(=O)Nc3nnc(CC(C)C)s3)C2=O)cc1. The van der Waals surface area contributed by atoms with Crippen LogP contribution in [0.25, 0.3) is 0 Å². The molecule has 9 heteroatoms. The molecule has 1 atom stereocenters. The first-order valence-corrected chi connectivity index (χ1v) is 9.84. The van der Waals surface area contributed by atoms with Crippen molar-refractivity contribution in [2.45, 2.75) is 39.7 Å². The molecule has 0 bridgehead atoms. The summed E-state index contributed by atoms with van der Waals surface area (Å²) in [5.74, 6) is -0.528. The number of imide groups is 1. The third-order valence-electron chi connectivity index (χ3n) is 4.50. The van der Waals surface area contributed by atoms with Gasteiger partial charge in [-0.3, -0.25) is 19.8 Å². The van der Waals surface area contributed by atoms with Gasteiger partial charge in [0.15, 0.2) is 0 Å². The minimum absolute atomic E-state index is 0.356. The Hall–Kier alpha value is -2.81. The molecule has 3 rings (SSSR count). The summed E-state index contributed by atoms with van der Waals surface area (Å²) in [5, 5.41) is 14.5. The number of rotatable bonds is 6. The summed E-state index contributed by atoms with van der Waals surface area (Å²) in [6.45, 7) is 7.34. The fraction of sp³-hybridized carbons (Fsp3) is 0.421. The number of nitrogens with one attached hydrogen (secondary N) is 2. The summed E-state index contributed by atoms with van der Waals surface area (Å²) in [7, 11) is 0. The number of aromatic nitrogens is 2. The van der Waals surface area contributed by atoms with Gasteiger partial charge in [-0.25, -0.2) is 4.79 Å². The lowest BCUT2D eigenvalue weighted by atomic mass is 9.91. The maximum atomic E-state index is 12.9. The number of hydrogen-bond donors (Lipinski definition) is 2. The van der Waals surface area contributed by atoms with E-state index in [1.165, 1.54) is 11.3 Å². The smallest absolute Gasteiger partial charge is 0.319 e. The van der Waals surface area contributed by atoms with Crippen LogP contribution < -0.4 is 10.6 Å². The van der Waals surface area contributed by atoms with Gasteiger partial charge in [0.1, 0.15) is 17.1 Å². The van der Waals surface area contributed by atoms with Crippen LogP contribution in [0.4, 0.5) is 9.93 Å². The Kier molecular flexibility index (Phi) is 5.46. The molecular weight excluding hydrogens is 378 g/mol. The molecule has 1 aliphatic heterocycles. The van der Waals surface area contributed by atoms with Crippen molar-refractivity contribution in [1.29, 1.82) is 0 Å². The summed E-state index contributed by atoms with van der Waals surface area (Å²) in [4.78, 5) is 38.5. The summed E-state index contributed by atoms with van der Waals surface area (Å²) in [6, 6.07) is 6.75. The molecule has 0 aliphatic carbocycles. The van der Waals surface area contributed by atoms with E-state index in [1.807, 2.05) is 19.1 Å². The number of carbonyl (C=O) groups excluding carboxylic acids is 3. The second kappa shape index (κ2) is 7.67. The first kappa shape index (κ1) is 19.9. The Morgan fingerprint density at radius 2 is 1.93 bits per heavy atom. The lowest BCUT2D eigenvalue weighted by Crippen LogP contribution is -2.42. The Bertz CT molecular complexity index is 909. The van der Waals surface area contributed by atoms with Crippen LogP contribution in [0.5, 0.6) is 0 Å². The van der Waals surface area contributed by atoms with Gasteiger partial charge in [0, 0.05) is 6.42 Å². The van der Waals surface area contributed by atoms with Crippen LogP contribution in [0.3, 0.4) is 0 Å². The van der Waals surface area contributed by atoms with Gasteiger partial charge in [0.05, 0.1) is 0 Å². The first-order chi connectivity index (χ1) is 13.2. The third kappa shape index (κ3) is 4.04. The van der Waals surface area contributed by atoms with Crippen LogP contribution in [-0.4, -0.2) is 39.5 Å². The largest absolute Gasteiger partial charge is 0.325 e. The predicted molar refractivity (Wildman–Crippen MR) is 106 cm³/mol. The van der Waals surface area contributed by atoms with E-state index in [0.717, 1.165) is 21.9 Å². The molecule has 2 aromatic rings. The highest BCUT2D eigenvalue weighted by Crippen LogP contribution is 2.29. The lowest BCUT2D eigenvalue weighted by Gasteiger charge is -2.22. The highest BCUT2D eigenvalue weighted by Gasteiger charge is 2.49. The summed E-state index contributed by atoms with van der Waals surface area (Å²) < 4.78 is 0. The minimum Gasteiger partial charge on any atom is -0.319 e. The number of nitrogens with zero attached hydrogens (tertiary/aromatic N) is 3. The van der Waals surface area contributed by atoms with Gasteiger partial charge in [0.2, 0.25) is 11.0 Å². The zero-order chi connectivity index (χ0) is 20.5. The quantitative estimate of drug-likeness (QED) is 0.724. The molecule has 2 N–H and O–H groups in total. The molecule has 1 saturated heterocycles. The van der Waals surface area contributed by atoms with Crippen LogP contribution in [-0.2, 0) is 21.5 Å². The molecular formula is C19H23N5O3S. The number of urea groups is 1. The van der Waals surface area contributed by atoms with E-state index >= 15 is 0 Å². The zero-order valence-corrected chi connectivity index (χ0v) is 17.1. The predicted octanol–water partition coefficient (Wildman–Crippen LogP) is 2.45. The van der Waals surface area contributed by atoms with Gasteiger partial charge < -0.3 is 5.32 Å². The molecule has 1 aromatic carbocycles. The van der Waals surface area contributed by atoms with Gasteiger partial charge >= 0.3 is 6.03 Å². The molecule has 0 saturated carbocycles. The molecule has 148 valence electrons. The summed E-state index contributed by atoms with van der Waals surface area (Å²) >= 11 is 1.29. The van der Waals surface area contributed by atoms with Gasteiger partial charge in [-0.2, -0.15) is 0 Å². The van der Waals surface area contributed by atoms with Crippen molar-refractivity contribution in [2.75, 3.05) is 11.9 Å². The molecule has 2 heterocycles. The molecule has 1 aliphatic rings. The molecule has 1 aromatic heterocycles. The highest BCUT2D eigenvalue weighted by atomic mass is 32.1. The van der Waals surface area contributed by atoms with E-state index in [2.05, 4.69) is 34.7 Å². The van der Waals surface area contributed by atoms with Gasteiger partial charge in [-0.1, -0.05) is 55.0 Å². The topological polar surface area (TPSA) is 104 Å². The second-order valence-electron chi connectivity index (χ2n) is 7.46. The van der Waals surface area contributed by atoms with Crippen molar-refractivity contribution < 1.29 is 14.4 Å². The fourth-order valence-electron chi connectivity index (χ4n) is 2.96. The summed E-state index contributed by atoms with van der Waals surface area (Å²) in [5.41, 5.74) is 0.522. The van der Waals surface area contributed by atoms with Crippen LogP contribution >= 0.6 is 11.3 Å². The van der Waals surface area contributed by atoms with Crippen LogP contribution in [0.2, 0.25) is 0 Å². The normalized spacial score (nSPS) is 19.2. The number of hydrogen-bond acceptors (Lipinski definition) is 6. The maximum absolute atomic E-state index is 12.9. The molecule has 1 unspecified atom stereocenters. The number of aryl methyl sites for hydroxylation is 1. The first-order valence-electron chi connectivity index (χ1n) is 9.02. The van der Waals surface area contributed by atoms with Crippen LogP contribution in [0.15, 0.2) is 24.3 Å². The van der Waals surface area contributed by atoms with E-state index in [1.54, 1.807) is 19.1 Å². The third-order valence-corrected chi connectivity index (χ3v) is 5.36. The van der Waals surface area contributed by atoms with Gasteiger partial charge in [-0.15, -0.1) is 10.2 Å². The molecule has 28 heavy (non-hydrogen) atoms. The van der Waals surface area contributed by atoms with Crippen molar-refractivity contribution in [3.8, 4) is 0 Å². The van der Waals surface area contributed by atoms with Gasteiger partial charge in [-0.05, 0) is 25.3 Å². The average molecular weight is 401 g/mol. The van der Waals surface area contributed by atoms with Crippen LogP contribution in [0.1, 0.15) is 36.9 Å². The number of anilines is 1. The van der Waals surface area contributed by atoms with E-state index in [4.69, 9.17) is 0 Å². The number of benzene rings is 1. The van der Waals surface area contributed by atoms with E-state index in [0.29, 0.717) is 16.6 Å². The number of amides is 4. The van der Waals surface area contributed by atoms with Crippen molar-refractivity contribution in [3.05, 3.63) is 40.4 Å². The Balaban J connectivity index is 1.67. The second-order valence-corrected chi connectivity index (χ2v) is 8.52. The maximum Gasteiger partial charge on any atom is 0.325 e. The average Bonchev–Trinajstić information content (AvgIpc) is 3.13. The standard InChI is InChI=1S/C19H23N5O3S/c1-11(2)9-15-22-23-17(28-15)20-14(25)10-24-16(26)19(4,21-18(24)27)13-7-5-12(3)6-8-13/h5-8,11H,9-10H2,1-4H3,(H,21,27)(H,20,23,25). The van der Waals surface area contributed by atoms with Crippen molar-refractivity contribution in [2.24, 2.45) is 5.92 Å². The zero-order valence-electron chi connectivity index (χ0n) is 16.3. The minimum atomic E-state index is -1.20. The number of carbonyl (C=O) groups is 3. The van der Waals surface area contributed by atoms with Crippen LogP contribution in [0, 0.1) is 12.8 Å². The van der Waals surface area contributed by atoms with Crippen molar-refractivity contribution in [3.63, 3.8) is 0 Å². The molecule has 1 fully saturated rings. The molecule has 8 nitrogen and oxygen atoms in total. The van der Waals surface area contributed by atoms with Gasteiger partial charge in [0.25, 0.3) is 5.91 Å². The highest BCUT2D eigenvalue weighted by molar-refractivity contribution is 7.15. The van der Waals surface area contributed by atoms with E-state index < -0.39 is 23.4 Å². The monoisotopic (exact) mass is 401 g/mol. The molecule has 0 radical (unpaired) electrons. The Labute approximate surface area is 167 Å². The fourth-order valence-corrected chi connectivity index (χ4v) is 3.93. The summed E-state index contributed by atoms with van der Waals surface area (Å²) in [6.07, 6.45) is 0.773. The van der Waals surface area contributed by atoms with E-state index in [-0.39, 0.29) is 6.54 Å². The van der Waals surface area contributed by atoms with E-state index in [9.17, 15) is 14.4 Å². The lowest BCUT2D eigenvalue weighted by molar-refractivity contribution is -0.133. The Morgan fingerprint density at radius 3 is 2.57 bits per heavy atom. The molecule has 4 amide bonds. The van der Waals surface area contributed by atoms with Crippen molar-refractivity contribution in [1.82, 2.24) is 20.4 Å². The molecule has 0 spiro atoms. The van der Waals surface area contributed by atoms with Crippen molar-refractivity contribution >= 4 is 34.3 Å².